The zero-order valence-corrected chi connectivity index (χ0v) is 12.3. The second kappa shape index (κ2) is 5.63. The molecule has 1 N–H and O–H groups in total. The normalized spacial score (nSPS) is 18.8. The molecule has 6 heteroatoms. The van der Waals surface area contributed by atoms with Gasteiger partial charge in [-0.05, 0) is 45.2 Å². The van der Waals surface area contributed by atoms with Gasteiger partial charge < -0.3 is 4.90 Å². The first kappa shape index (κ1) is 13.7. The van der Waals surface area contributed by atoms with Gasteiger partial charge in [-0.2, -0.15) is 5.10 Å². The molecule has 6 nitrogen and oxygen atoms in total. The van der Waals surface area contributed by atoms with Gasteiger partial charge in [0, 0.05) is 18.4 Å². The molecule has 2 aromatic heterocycles. The molecule has 1 fully saturated rings. The van der Waals surface area contributed by atoms with E-state index in [4.69, 9.17) is 0 Å². The van der Waals surface area contributed by atoms with Gasteiger partial charge in [0.1, 0.15) is 5.82 Å². The van der Waals surface area contributed by atoms with E-state index in [9.17, 15) is 4.79 Å². The van der Waals surface area contributed by atoms with Gasteiger partial charge in [0.05, 0.1) is 11.6 Å². The Morgan fingerprint density at radius 3 is 2.86 bits per heavy atom. The Bertz CT molecular complexity index is 634. The SMILES string of the molecule is Cc1ccc(C(=O)N2CCCCC2c2n[nH]c(C)n2)cn1. The summed E-state index contributed by atoms with van der Waals surface area (Å²) in [6.07, 6.45) is 4.66. The molecule has 110 valence electrons. The molecule has 0 aromatic carbocycles. The van der Waals surface area contributed by atoms with Gasteiger partial charge in [-0.1, -0.05) is 0 Å². The molecule has 0 saturated carbocycles. The average molecular weight is 285 g/mol. The number of rotatable bonds is 2. The van der Waals surface area contributed by atoms with Crippen molar-refractivity contribution in [3.8, 4) is 0 Å². The predicted molar refractivity (Wildman–Crippen MR) is 77.7 cm³/mol. The number of aryl methyl sites for hydroxylation is 2. The molecule has 1 aliphatic rings. The lowest BCUT2D eigenvalue weighted by molar-refractivity contribution is 0.0600. The number of hydrogen-bond donors (Lipinski definition) is 1. The molecule has 0 aliphatic carbocycles. The van der Waals surface area contributed by atoms with Gasteiger partial charge in [0.2, 0.25) is 0 Å². The Kier molecular flexibility index (Phi) is 3.68. The summed E-state index contributed by atoms with van der Waals surface area (Å²) in [5.41, 5.74) is 1.53. The summed E-state index contributed by atoms with van der Waals surface area (Å²) in [7, 11) is 0. The van der Waals surface area contributed by atoms with E-state index in [1.54, 1.807) is 6.20 Å². The molecule has 3 heterocycles. The van der Waals surface area contributed by atoms with Gasteiger partial charge in [-0.25, -0.2) is 4.98 Å². The van der Waals surface area contributed by atoms with E-state index in [1.807, 2.05) is 30.9 Å². The molecule has 1 unspecified atom stereocenters. The molecule has 1 atom stereocenters. The molecule has 21 heavy (non-hydrogen) atoms. The Morgan fingerprint density at radius 2 is 2.19 bits per heavy atom. The Labute approximate surface area is 123 Å². The second-order valence-corrected chi connectivity index (χ2v) is 5.48. The highest BCUT2D eigenvalue weighted by Gasteiger charge is 2.31. The zero-order valence-electron chi connectivity index (χ0n) is 12.3. The molecule has 0 radical (unpaired) electrons. The number of H-pyrrole nitrogens is 1. The van der Waals surface area contributed by atoms with Crippen molar-refractivity contribution >= 4 is 5.91 Å². The van der Waals surface area contributed by atoms with Gasteiger partial charge >= 0.3 is 0 Å². The number of aromatic amines is 1. The standard InChI is InChI=1S/C15H19N5O/c1-10-6-7-12(9-16-10)15(21)20-8-4-3-5-13(20)14-17-11(2)18-19-14/h6-7,9,13H,3-5,8H2,1-2H3,(H,17,18,19). The predicted octanol–water partition coefficient (Wildman–Crippen LogP) is 2.18. The molecular weight excluding hydrogens is 266 g/mol. The minimum atomic E-state index is -0.0440. The van der Waals surface area contributed by atoms with E-state index in [0.717, 1.165) is 37.3 Å². The second-order valence-electron chi connectivity index (χ2n) is 5.48. The van der Waals surface area contributed by atoms with Crippen LogP contribution in [0, 0.1) is 13.8 Å². The monoisotopic (exact) mass is 285 g/mol. The highest BCUT2D eigenvalue weighted by atomic mass is 16.2. The fraction of sp³-hybridized carbons (Fsp3) is 0.467. The van der Waals surface area contributed by atoms with Crippen LogP contribution in [-0.4, -0.2) is 37.5 Å². The van der Waals surface area contributed by atoms with Gasteiger partial charge in [-0.15, -0.1) is 0 Å². The number of piperidine rings is 1. The van der Waals surface area contributed by atoms with Gasteiger partial charge in [0.25, 0.3) is 5.91 Å². The van der Waals surface area contributed by atoms with E-state index in [1.165, 1.54) is 0 Å². The number of carbonyl (C=O) groups excluding carboxylic acids is 1. The van der Waals surface area contributed by atoms with Crippen LogP contribution in [-0.2, 0) is 0 Å². The summed E-state index contributed by atoms with van der Waals surface area (Å²) >= 11 is 0. The van der Waals surface area contributed by atoms with E-state index in [0.29, 0.717) is 11.4 Å². The first-order valence-electron chi connectivity index (χ1n) is 7.27. The molecule has 0 bridgehead atoms. The Morgan fingerprint density at radius 1 is 1.33 bits per heavy atom. The van der Waals surface area contributed by atoms with Crippen LogP contribution in [0.2, 0.25) is 0 Å². The van der Waals surface area contributed by atoms with Crippen molar-refractivity contribution in [3.63, 3.8) is 0 Å². The van der Waals surface area contributed by atoms with E-state index in [-0.39, 0.29) is 11.9 Å². The van der Waals surface area contributed by atoms with E-state index < -0.39 is 0 Å². The van der Waals surface area contributed by atoms with Crippen LogP contribution in [0.25, 0.3) is 0 Å². The molecule has 1 aliphatic heterocycles. The van der Waals surface area contributed by atoms with Crippen molar-refractivity contribution in [1.29, 1.82) is 0 Å². The van der Waals surface area contributed by atoms with Crippen molar-refractivity contribution in [2.75, 3.05) is 6.54 Å². The summed E-state index contributed by atoms with van der Waals surface area (Å²) in [6.45, 7) is 4.52. The van der Waals surface area contributed by atoms with Crippen LogP contribution >= 0.6 is 0 Å². The smallest absolute Gasteiger partial charge is 0.256 e. The summed E-state index contributed by atoms with van der Waals surface area (Å²) in [5.74, 6) is 1.50. The summed E-state index contributed by atoms with van der Waals surface area (Å²) in [5, 5.41) is 7.10. The minimum absolute atomic E-state index is 0.00894. The van der Waals surface area contributed by atoms with Gasteiger partial charge in [0.15, 0.2) is 5.82 Å². The first-order valence-corrected chi connectivity index (χ1v) is 7.27. The summed E-state index contributed by atoms with van der Waals surface area (Å²) < 4.78 is 0. The quantitative estimate of drug-likeness (QED) is 0.917. The van der Waals surface area contributed by atoms with Crippen LogP contribution in [0.4, 0.5) is 0 Å². The number of amides is 1. The number of nitrogens with one attached hydrogen (secondary N) is 1. The lowest BCUT2D eigenvalue weighted by atomic mass is 10.0. The Balaban J connectivity index is 1.87. The third kappa shape index (κ3) is 2.79. The number of hydrogen-bond acceptors (Lipinski definition) is 4. The number of pyridine rings is 1. The molecule has 3 rings (SSSR count). The van der Waals surface area contributed by atoms with Crippen molar-refractivity contribution in [2.24, 2.45) is 0 Å². The van der Waals surface area contributed by atoms with Crippen LogP contribution in [0.5, 0.6) is 0 Å². The molecule has 1 amide bonds. The maximum absolute atomic E-state index is 12.7. The summed E-state index contributed by atoms with van der Waals surface area (Å²) in [6, 6.07) is 3.65. The van der Waals surface area contributed by atoms with Crippen molar-refractivity contribution in [3.05, 3.63) is 41.2 Å². The fourth-order valence-electron chi connectivity index (χ4n) is 2.71. The third-order valence-electron chi connectivity index (χ3n) is 3.83. The third-order valence-corrected chi connectivity index (χ3v) is 3.83. The van der Waals surface area contributed by atoms with E-state index in [2.05, 4.69) is 20.2 Å². The topological polar surface area (TPSA) is 74.8 Å². The lowest BCUT2D eigenvalue weighted by Gasteiger charge is -2.34. The van der Waals surface area contributed by atoms with Crippen molar-refractivity contribution in [2.45, 2.75) is 39.2 Å². The fourth-order valence-corrected chi connectivity index (χ4v) is 2.71. The number of aromatic nitrogens is 4. The highest BCUT2D eigenvalue weighted by Crippen LogP contribution is 2.30. The molecule has 0 spiro atoms. The molecule has 1 saturated heterocycles. The minimum Gasteiger partial charge on any atom is -0.328 e. The van der Waals surface area contributed by atoms with Gasteiger partial charge in [-0.3, -0.25) is 14.9 Å². The van der Waals surface area contributed by atoms with Crippen LogP contribution < -0.4 is 0 Å². The largest absolute Gasteiger partial charge is 0.328 e. The van der Waals surface area contributed by atoms with Crippen LogP contribution in [0.15, 0.2) is 18.3 Å². The number of likely N-dealkylation sites (tertiary alicyclic amines) is 1. The maximum atomic E-state index is 12.7. The van der Waals surface area contributed by atoms with Crippen LogP contribution in [0.3, 0.4) is 0 Å². The maximum Gasteiger partial charge on any atom is 0.256 e. The number of nitrogens with zero attached hydrogens (tertiary/aromatic N) is 4. The summed E-state index contributed by atoms with van der Waals surface area (Å²) in [4.78, 5) is 23.2. The Hall–Kier alpha value is -2.24. The lowest BCUT2D eigenvalue weighted by Crippen LogP contribution is -2.39. The van der Waals surface area contributed by atoms with Crippen LogP contribution in [0.1, 0.15) is 53.0 Å². The number of carbonyl (C=O) groups is 1. The highest BCUT2D eigenvalue weighted by molar-refractivity contribution is 5.94. The van der Waals surface area contributed by atoms with Crippen molar-refractivity contribution < 1.29 is 4.79 Å². The first-order chi connectivity index (χ1) is 10.1. The average Bonchev–Trinajstić information content (AvgIpc) is 2.94. The molecule has 2 aromatic rings. The van der Waals surface area contributed by atoms with E-state index >= 15 is 0 Å². The molecular formula is C15H19N5O. The zero-order chi connectivity index (χ0) is 14.8. The van der Waals surface area contributed by atoms with Crippen molar-refractivity contribution in [1.82, 2.24) is 25.1 Å².